The van der Waals surface area contributed by atoms with Gasteiger partial charge in [0.15, 0.2) is 0 Å². The predicted octanol–water partition coefficient (Wildman–Crippen LogP) is 4.00. The van der Waals surface area contributed by atoms with Crippen LogP contribution in [0, 0.1) is 0 Å². The van der Waals surface area contributed by atoms with Crippen LogP contribution in [0.4, 0.5) is 17.4 Å². The van der Waals surface area contributed by atoms with Gasteiger partial charge in [-0.2, -0.15) is 12.9 Å². The van der Waals surface area contributed by atoms with Crippen LogP contribution in [-0.2, 0) is 9.05 Å². The molecule has 0 radical (unpaired) electrons. The van der Waals surface area contributed by atoms with E-state index >= 15 is 0 Å². The Kier molecular flexibility index (Phi) is 4.23. The summed E-state index contributed by atoms with van der Waals surface area (Å²) in [6, 6.07) is 0. The van der Waals surface area contributed by atoms with Crippen LogP contribution in [-0.4, -0.2) is 23.5 Å². The smallest absolute Gasteiger partial charge is 0.313 e. The zero-order chi connectivity index (χ0) is 10.9. The molecule has 0 aromatic carbocycles. The van der Waals surface area contributed by atoms with Crippen molar-refractivity contribution in [3.05, 3.63) is 0 Å². The zero-order valence-electron chi connectivity index (χ0n) is 7.01. The first-order chi connectivity index (χ1) is 6.48. The largest absolute Gasteiger partial charge is 0.332 e. The first-order valence-corrected chi connectivity index (χ1v) is 6.86. The van der Waals surface area contributed by atoms with Crippen molar-refractivity contribution < 1.29 is 26.4 Å². The molecule has 1 aliphatic rings. The lowest BCUT2D eigenvalue weighted by Gasteiger charge is -2.32. The highest BCUT2D eigenvalue weighted by Gasteiger charge is 2.50. The third-order valence-corrected chi connectivity index (χ3v) is 6.97. The molecule has 5 nitrogen and oxygen atoms in total. The molecule has 0 amide bonds. The van der Waals surface area contributed by atoms with Crippen molar-refractivity contribution in [2.24, 2.45) is 4.52 Å². The monoisotopic (exact) mass is 273 g/mol. The fourth-order valence-electron chi connectivity index (χ4n) is 0.657. The highest BCUT2D eigenvalue weighted by atomic mass is 31.3. The van der Waals surface area contributed by atoms with Crippen molar-refractivity contribution >= 4 is 24.7 Å². The van der Waals surface area contributed by atoms with E-state index in [1.54, 1.807) is 0 Å². The van der Waals surface area contributed by atoms with Gasteiger partial charge in [0.05, 0.1) is 0 Å². The Morgan fingerprint density at radius 3 is 2.14 bits per heavy atom. The summed E-state index contributed by atoms with van der Waals surface area (Å²) in [5.74, 6) is 0. The summed E-state index contributed by atoms with van der Waals surface area (Å²) >= 11 is 0. The van der Waals surface area contributed by atoms with Crippen molar-refractivity contribution in [3.8, 4) is 0 Å². The van der Waals surface area contributed by atoms with E-state index in [1.807, 2.05) is 0 Å². The first-order valence-electron chi connectivity index (χ1n) is 3.06. The molecule has 1 rings (SSSR count). The van der Waals surface area contributed by atoms with Gasteiger partial charge in [-0.25, -0.2) is 0 Å². The van der Waals surface area contributed by atoms with Crippen molar-refractivity contribution in [3.63, 3.8) is 0 Å². The molecule has 1 aliphatic heterocycles. The van der Waals surface area contributed by atoms with E-state index in [0.29, 0.717) is 0 Å². The molecular formula is C2H6F4N3O2P3. The molecule has 0 aromatic rings. The lowest BCUT2D eigenvalue weighted by atomic mass is 11.8. The second-order valence-electron chi connectivity index (χ2n) is 1.91. The Labute approximate surface area is 80.1 Å². The predicted molar refractivity (Wildman–Crippen MR) is 45.3 cm³/mol. The molecule has 2 unspecified atom stereocenters. The van der Waals surface area contributed by atoms with Gasteiger partial charge >= 0.3 is 24.7 Å². The van der Waals surface area contributed by atoms with E-state index < -0.39 is 34.1 Å². The molecule has 0 aromatic heterocycles. The number of halogens is 4. The number of rotatable bonds is 2. The summed E-state index contributed by atoms with van der Waals surface area (Å²) in [4.78, 5) is 0. The second-order valence-corrected chi connectivity index (χ2v) is 7.33. The molecule has 0 spiro atoms. The summed E-state index contributed by atoms with van der Waals surface area (Å²) in [5, 5.41) is 0. The van der Waals surface area contributed by atoms with Crippen LogP contribution < -0.4 is 0 Å². The van der Waals surface area contributed by atoms with Crippen LogP contribution in [0.1, 0.15) is 0 Å². The third-order valence-electron chi connectivity index (χ3n) is 1.28. The first kappa shape index (κ1) is 12.7. The maximum absolute atomic E-state index is 13.1. The number of hydrogen-bond donors (Lipinski definition) is 0. The topological polar surface area (TPSA) is 37.3 Å². The Balaban J connectivity index is 3.11. The van der Waals surface area contributed by atoms with Gasteiger partial charge < -0.3 is 9.05 Å². The molecule has 0 aliphatic carbocycles. The third kappa shape index (κ3) is 1.95. The molecule has 0 N–H and O–H groups in total. The van der Waals surface area contributed by atoms with E-state index in [9.17, 15) is 17.4 Å². The van der Waals surface area contributed by atoms with E-state index in [2.05, 4.69) is 13.6 Å². The highest BCUT2D eigenvalue weighted by Crippen LogP contribution is 2.79. The quantitative estimate of drug-likeness (QED) is 0.433. The minimum Gasteiger partial charge on any atom is -0.313 e. The van der Waals surface area contributed by atoms with Crippen LogP contribution in [0.25, 0.3) is 0 Å². The molecule has 14 heavy (non-hydrogen) atoms. The lowest BCUT2D eigenvalue weighted by Crippen LogP contribution is -2.15. The van der Waals surface area contributed by atoms with Crippen LogP contribution in [0.3, 0.4) is 0 Å². The molecular weight excluding hydrogens is 267 g/mol. The van der Waals surface area contributed by atoms with Crippen LogP contribution in [0.15, 0.2) is 4.52 Å². The van der Waals surface area contributed by atoms with Gasteiger partial charge in [0.25, 0.3) is 0 Å². The number of hydrogen-bond acceptors (Lipinski definition) is 5. The standard InChI is InChI=1S/C2H6F4N3O2P3/c1-10-14(11-2)7-12(5)8(3)13(6)9(14)4/h1-2H3. The molecule has 12 heteroatoms. The van der Waals surface area contributed by atoms with E-state index in [4.69, 9.17) is 0 Å². The van der Waals surface area contributed by atoms with Gasteiger partial charge in [0, 0.05) is 18.9 Å². The highest BCUT2D eigenvalue weighted by molar-refractivity contribution is 7.77. The zero-order valence-corrected chi connectivity index (χ0v) is 9.69. The summed E-state index contributed by atoms with van der Waals surface area (Å²) in [6.07, 6.45) is 0. The van der Waals surface area contributed by atoms with Gasteiger partial charge in [-0.3, -0.25) is 0 Å². The van der Waals surface area contributed by atoms with E-state index in [0.717, 1.165) is 14.2 Å². The average molecular weight is 273 g/mol. The maximum atomic E-state index is 13.1. The summed E-state index contributed by atoms with van der Waals surface area (Å²) in [7, 11) is -8.63. The average Bonchev–Trinajstić information content (AvgIpc) is 2.21. The molecule has 0 saturated heterocycles. The molecule has 84 valence electrons. The summed E-state index contributed by atoms with van der Waals surface area (Å²) in [6.45, 7) is 0. The van der Waals surface area contributed by atoms with Crippen molar-refractivity contribution in [2.45, 2.75) is 0 Å². The SMILES string of the molecule is COP1(OC)=NP(F)N(F)P(F)N1F. The molecule has 1 heterocycles. The summed E-state index contributed by atoms with van der Waals surface area (Å²) < 4.78 is 61.6. The van der Waals surface area contributed by atoms with Gasteiger partial charge in [-0.1, -0.05) is 0 Å². The molecule has 0 saturated carbocycles. The fourth-order valence-corrected chi connectivity index (χ4v) is 5.98. The summed E-state index contributed by atoms with van der Waals surface area (Å²) in [5.41, 5.74) is 0. The van der Waals surface area contributed by atoms with Gasteiger partial charge in [-0.15, -0.1) is 8.96 Å². The lowest BCUT2D eigenvalue weighted by molar-refractivity contribution is 0.148. The Bertz CT molecular complexity index is 260. The Morgan fingerprint density at radius 1 is 1.21 bits per heavy atom. The van der Waals surface area contributed by atoms with Crippen molar-refractivity contribution in [1.29, 1.82) is 0 Å². The Hall–Kier alpha value is 0.650. The van der Waals surface area contributed by atoms with E-state index in [1.165, 1.54) is 0 Å². The van der Waals surface area contributed by atoms with Crippen LogP contribution in [0.2, 0.25) is 0 Å². The second kappa shape index (κ2) is 4.66. The van der Waals surface area contributed by atoms with Crippen LogP contribution >= 0.6 is 24.7 Å². The Morgan fingerprint density at radius 2 is 1.71 bits per heavy atom. The van der Waals surface area contributed by atoms with Crippen LogP contribution in [0.5, 0.6) is 0 Å². The number of nitrogens with zero attached hydrogens (tertiary/aromatic N) is 3. The van der Waals surface area contributed by atoms with Gasteiger partial charge in [-0.05, 0) is 4.66 Å². The van der Waals surface area contributed by atoms with Gasteiger partial charge in [0.2, 0.25) is 0 Å². The van der Waals surface area contributed by atoms with E-state index in [-0.39, 0.29) is 0 Å². The minimum absolute atomic E-state index is 0.638. The maximum Gasteiger partial charge on any atom is 0.332 e. The normalized spacial score (nSPS) is 34.1. The minimum atomic E-state index is -3.78. The van der Waals surface area contributed by atoms with Crippen molar-refractivity contribution in [2.75, 3.05) is 14.2 Å². The molecule has 0 bridgehead atoms. The van der Waals surface area contributed by atoms with Gasteiger partial charge in [0.1, 0.15) is 0 Å². The fraction of sp³-hybridized carbons (Fsp3) is 1.00. The molecule has 2 atom stereocenters. The molecule has 0 fully saturated rings. The van der Waals surface area contributed by atoms with Crippen molar-refractivity contribution in [1.82, 2.24) is 9.33 Å².